The number of carbonyl (C=O) groups is 1. The number of aromatic nitrogens is 1. The summed E-state index contributed by atoms with van der Waals surface area (Å²) < 4.78 is 22.7. The van der Waals surface area contributed by atoms with E-state index in [0.29, 0.717) is 25.0 Å². The summed E-state index contributed by atoms with van der Waals surface area (Å²) in [4.78, 5) is 26.8. The quantitative estimate of drug-likeness (QED) is 0.406. The van der Waals surface area contributed by atoms with E-state index in [1.165, 1.54) is 18.9 Å². The monoisotopic (exact) mass is 501 g/mol. The number of carboxylic acids is 1. The van der Waals surface area contributed by atoms with E-state index in [1.54, 1.807) is 4.57 Å². The third kappa shape index (κ3) is 4.56. The first-order valence-corrected chi connectivity index (χ1v) is 12.1. The molecule has 1 atom stereocenters. The number of benzene rings is 3. The molecule has 0 unspecified atom stereocenters. The lowest BCUT2D eigenvalue weighted by atomic mass is 10.0. The Bertz CT molecular complexity index is 1550. The second-order valence-electron chi connectivity index (χ2n) is 9.50. The number of nitrogens with zero attached hydrogens (tertiary/aromatic N) is 2. The SMILES string of the molecule is COc1c(N2CC[C@@H](N)C2)c(F)cc2c(=O)c(C(=O)O)cn(Cc3ccc(-c4ccc(C)cc4)cc3)c12. The maximum absolute atomic E-state index is 15.4. The fraction of sp³-hybridized carbons (Fsp3) is 0.241. The van der Waals surface area contributed by atoms with Crippen LogP contribution >= 0.6 is 0 Å². The second-order valence-corrected chi connectivity index (χ2v) is 9.50. The summed E-state index contributed by atoms with van der Waals surface area (Å²) in [5.74, 6) is -1.83. The van der Waals surface area contributed by atoms with E-state index in [4.69, 9.17) is 10.5 Å². The van der Waals surface area contributed by atoms with Crippen molar-refractivity contribution in [1.29, 1.82) is 0 Å². The molecular weight excluding hydrogens is 473 g/mol. The van der Waals surface area contributed by atoms with Gasteiger partial charge in [-0.25, -0.2) is 9.18 Å². The molecule has 0 aliphatic carbocycles. The molecule has 1 fully saturated rings. The second kappa shape index (κ2) is 9.71. The average Bonchev–Trinajstić information content (AvgIpc) is 3.31. The van der Waals surface area contributed by atoms with Crippen LogP contribution in [0.5, 0.6) is 5.75 Å². The summed E-state index contributed by atoms with van der Waals surface area (Å²) in [6.07, 6.45) is 2.01. The first-order valence-electron chi connectivity index (χ1n) is 12.1. The molecule has 0 spiro atoms. The van der Waals surface area contributed by atoms with Crippen molar-refractivity contribution in [3.63, 3.8) is 0 Å². The highest BCUT2D eigenvalue weighted by Gasteiger charge is 2.29. The molecule has 2 heterocycles. The lowest BCUT2D eigenvalue weighted by Crippen LogP contribution is -2.28. The minimum atomic E-state index is -1.37. The Hall–Kier alpha value is -4.17. The van der Waals surface area contributed by atoms with Crippen LogP contribution < -0.4 is 20.8 Å². The van der Waals surface area contributed by atoms with Gasteiger partial charge >= 0.3 is 5.97 Å². The fourth-order valence-electron chi connectivity index (χ4n) is 4.99. The van der Waals surface area contributed by atoms with Gasteiger partial charge in [-0.3, -0.25) is 4.79 Å². The number of aryl methyl sites for hydroxylation is 1. The van der Waals surface area contributed by atoms with Gasteiger partial charge in [0.15, 0.2) is 11.6 Å². The molecule has 1 aliphatic heterocycles. The molecule has 7 nitrogen and oxygen atoms in total. The number of rotatable bonds is 6. The maximum atomic E-state index is 15.4. The van der Waals surface area contributed by atoms with Gasteiger partial charge in [0.1, 0.15) is 11.3 Å². The van der Waals surface area contributed by atoms with E-state index in [2.05, 4.69) is 24.3 Å². The van der Waals surface area contributed by atoms with Gasteiger partial charge in [0.05, 0.1) is 18.0 Å². The Balaban J connectivity index is 1.64. The number of carboxylic acid groups (broad SMARTS) is 1. The Kier molecular flexibility index (Phi) is 6.43. The number of hydrogen-bond donors (Lipinski definition) is 2. The number of hydrogen-bond acceptors (Lipinski definition) is 5. The van der Waals surface area contributed by atoms with Crippen molar-refractivity contribution in [2.45, 2.75) is 25.9 Å². The van der Waals surface area contributed by atoms with Crippen molar-refractivity contribution >= 4 is 22.6 Å². The molecule has 1 saturated heterocycles. The van der Waals surface area contributed by atoms with Crippen LogP contribution in [-0.2, 0) is 6.54 Å². The molecule has 37 heavy (non-hydrogen) atoms. The summed E-state index contributed by atoms with van der Waals surface area (Å²) in [5.41, 5.74) is 9.65. The van der Waals surface area contributed by atoms with Gasteiger partial charge in [-0.1, -0.05) is 54.1 Å². The molecule has 0 radical (unpaired) electrons. The lowest BCUT2D eigenvalue weighted by Gasteiger charge is -2.24. The van der Waals surface area contributed by atoms with E-state index in [9.17, 15) is 14.7 Å². The summed E-state index contributed by atoms with van der Waals surface area (Å²) in [6.45, 7) is 3.30. The van der Waals surface area contributed by atoms with Gasteiger partial charge in [0.25, 0.3) is 0 Å². The van der Waals surface area contributed by atoms with E-state index in [0.717, 1.165) is 22.8 Å². The molecule has 1 aromatic heterocycles. The fourth-order valence-corrected chi connectivity index (χ4v) is 4.99. The van der Waals surface area contributed by atoms with Crippen LogP contribution in [0.25, 0.3) is 22.0 Å². The number of anilines is 1. The Morgan fingerprint density at radius 2 is 1.78 bits per heavy atom. The first kappa shape index (κ1) is 24.5. The van der Waals surface area contributed by atoms with Gasteiger partial charge in [-0.05, 0) is 36.1 Å². The maximum Gasteiger partial charge on any atom is 0.341 e. The van der Waals surface area contributed by atoms with Crippen molar-refractivity contribution in [2.75, 3.05) is 25.1 Å². The van der Waals surface area contributed by atoms with Crippen molar-refractivity contribution < 1.29 is 19.0 Å². The van der Waals surface area contributed by atoms with Crippen molar-refractivity contribution in [1.82, 2.24) is 4.57 Å². The predicted octanol–water partition coefficient (Wildman–Crippen LogP) is 4.41. The van der Waals surface area contributed by atoms with Gasteiger partial charge in [0.2, 0.25) is 5.43 Å². The number of methoxy groups -OCH3 is 1. The highest BCUT2D eigenvalue weighted by molar-refractivity contribution is 5.97. The largest absolute Gasteiger partial charge is 0.492 e. The Labute approximate surface area is 213 Å². The van der Waals surface area contributed by atoms with Gasteiger partial charge in [-0.15, -0.1) is 0 Å². The van der Waals surface area contributed by atoms with Crippen LogP contribution in [0.4, 0.5) is 10.1 Å². The standard InChI is InChI=1S/C29H28FN3O4/c1-17-3-7-19(8-4-17)20-9-5-18(6-10-20)14-33-16-23(29(35)36)27(34)22-13-24(30)26(28(37-2)25(22)33)32-12-11-21(31)15-32/h3-10,13,16,21H,11-12,14-15,31H2,1-2H3,(H,35,36)/t21-/m1/s1. The normalized spacial score (nSPS) is 15.4. The summed E-state index contributed by atoms with van der Waals surface area (Å²) >= 11 is 0. The van der Waals surface area contributed by atoms with Crippen molar-refractivity contribution in [3.8, 4) is 16.9 Å². The van der Waals surface area contributed by atoms with Crippen LogP contribution in [0, 0.1) is 12.7 Å². The average molecular weight is 502 g/mol. The predicted molar refractivity (Wildman–Crippen MR) is 142 cm³/mol. The highest BCUT2D eigenvalue weighted by atomic mass is 19.1. The molecule has 8 heteroatoms. The lowest BCUT2D eigenvalue weighted by molar-refractivity contribution is 0.0695. The molecule has 0 amide bonds. The molecular formula is C29H28FN3O4. The minimum Gasteiger partial charge on any atom is -0.492 e. The van der Waals surface area contributed by atoms with E-state index in [1.807, 2.05) is 36.1 Å². The molecule has 0 bridgehead atoms. The van der Waals surface area contributed by atoms with E-state index in [-0.39, 0.29) is 29.4 Å². The molecule has 3 aromatic carbocycles. The third-order valence-electron chi connectivity index (χ3n) is 6.91. The topological polar surface area (TPSA) is 97.8 Å². The van der Waals surface area contributed by atoms with Gasteiger partial charge in [-0.2, -0.15) is 0 Å². The molecule has 190 valence electrons. The van der Waals surface area contributed by atoms with Crippen LogP contribution in [0.1, 0.15) is 27.9 Å². The Morgan fingerprint density at radius 1 is 1.14 bits per heavy atom. The number of ether oxygens (including phenoxy) is 1. The van der Waals surface area contributed by atoms with E-state index < -0.39 is 22.8 Å². The first-order chi connectivity index (χ1) is 17.8. The van der Waals surface area contributed by atoms with Gasteiger partial charge < -0.3 is 25.0 Å². The number of pyridine rings is 1. The zero-order chi connectivity index (χ0) is 26.3. The molecule has 0 saturated carbocycles. The van der Waals surface area contributed by atoms with Crippen LogP contribution in [-0.4, -0.2) is 41.9 Å². The molecule has 4 aromatic rings. The van der Waals surface area contributed by atoms with Crippen LogP contribution in [0.2, 0.25) is 0 Å². The minimum absolute atomic E-state index is 0.0437. The van der Waals surface area contributed by atoms with Crippen LogP contribution in [0.3, 0.4) is 0 Å². The number of aromatic carboxylic acids is 1. The number of nitrogens with two attached hydrogens (primary N) is 1. The highest BCUT2D eigenvalue weighted by Crippen LogP contribution is 2.39. The summed E-state index contributed by atoms with van der Waals surface area (Å²) in [7, 11) is 1.42. The zero-order valence-corrected chi connectivity index (χ0v) is 20.7. The number of fused-ring (bicyclic) bond motifs is 1. The summed E-state index contributed by atoms with van der Waals surface area (Å²) in [6, 6.07) is 17.2. The van der Waals surface area contributed by atoms with E-state index >= 15 is 4.39 Å². The number of halogens is 1. The zero-order valence-electron chi connectivity index (χ0n) is 20.7. The van der Waals surface area contributed by atoms with Crippen molar-refractivity contribution in [3.05, 3.63) is 93.5 Å². The summed E-state index contributed by atoms with van der Waals surface area (Å²) in [5, 5.41) is 9.65. The molecule has 5 rings (SSSR count). The molecule has 3 N–H and O–H groups in total. The smallest absolute Gasteiger partial charge is 0.341 e. The van der Waals surface area contributed by atoms with Crippen molar-refractivity contribution in [2.24, 2.45) is 5.73 Å². The van der Waals surface area contributed by atoms with Gasteiger partial charge in [0, 0.05) is 31.9 Å². The third-order valence-corrected chi connectivity index (χ3v) is 6.91. The van der Waals surface area contributed by atoms with Crippen LogP contribution in [0.15, 0.2) is 65.6 Å². The molecule has 1 aliphatic rings. The Morgan fingerprint density at radius 3 is 2.35 bits per heavy atom.